The maximum Gasteiger partial charge on any atom is 0.257 e. The summed E-state index contributed by atoms with van der Waals surface area (Å²) in [5.74, 6) is -2.66. The molecule has 9 heteroatoms. The van der Waals surface area contributed by atoms with E-state index in [4.69, 9.17) is 0 Å². The van der Waals surface area contributed by atoms with Crippen LogP contribution in [0.15, 0.2) is 18.2 Å². The Hall–Kier alpha value is -2.81. The third-order valence-corrected chi connectivity index (χ3v) is 6.67. The number of amides is 3. The molecule has 3 heterocycles. The molecule has 3 amide bonds. The van der Waals surface area contributed by atoms with Crippen molar-refractivity contribution >= 4 is 34.1 Å². The van der Waals surface area contributed by atoms with E-state index in [1.807, 2.05) is 0 Å². The van der Waals surface area contributed by atoms with Crippen molar-refractivity contribution in [2.45, 2.75) is 19.4 Å². The van der Waals surface area contributed by atoms with Gasteiger partial charge in [-0.3, -0.25) is 14.4 Å². The lowest BCUT2D eigenvalue weighted by molar-refractivity contribution is -0.131. The van der Waals surface area contributed by atoms with Crippen molar-refractivity contribution < 1.29 is 23.2 Å². The van der Waals surface area contributed by atoms with E-state index in [-0.39, 0.29) is 42.8 Å². The summed E-state index contributed by atoms with van der Waals surface area (Å²) in [4.78, 5) is 43.1. The first-order chi connectivity index (χ1) is 13.8. The van der Waals surface area contributed by atoms with Crippen molar-refractivity contribution in [2.75, 3.05) is 32.1 Å². The number of rotatable bonds is 2. The van der Waals surface area contributed by atoms with E-state index >= 15 is 0 Å². The van der Waals surface area contributed by atoms with Crippen LogP contribution < -0.4 is 4.90 Å². The monoisotopic (exact) mass is 419 g/mol. The second-order valence-electron chi connectivity index (χ2n) is 7.25. The van der Waals surface area contributed by atoms with Gasteiger partial charge in [0.15, 0.2) is 11.6 Å². The highest BCUT2D eigenvalue weighted by atomic mass is 32.1. The molecule has 4 rings (SSSR count). The molecule has 2 aliphatic rings. The van der Waals surface area contributed by atoms with Gasteiger partial charge in [0.25, 0.3) is 5.91 Å². The van der Waals surface area contributed by atoms with Crippen LogP contribution >= 0.6 is 11.3 Å². The lowest BCUT2D eigenvalue weighted by Gasteiger charge is -2.27. The predicted octanol–water partition coefficient (Wildman–Crippen LogP) is 2.20. The van der Waals surface area contributed by atoms with Crippen molar-refractivity contribution in [3.05, 3.63) is 51.4 Å². The summed E-state index contributed by atoms with van der Waals surface area (Å²) in [5.41, 5.74) is 1.42. The van der Waals surface area contributed by atoms with Crippen LogP contribution in [0.25, 0.3) is 0 Å². The van der Waals surface area contributed by atoms with E-state index in [0.29, 0.717) is 23.5 Å². The van der Waals surface area contributed by atoms with Crippen LogP contribution in [0, 0.1) is 11.6 Å². The second kappa shape index (κ2) is 7.22. The summed E-state index contributed by atoms with van der Waals surface area (Å²) in [6.45, 7) is 0.678. The summed E-state index contributed by atoms with van der Waals surface area (Å²) >= 11 is 1.33. The fraction of sp³-hybridized carbons (Fsp3) is 0.350. The third-order valence-electron chi connectivity index (χ3n) is 5.38. The summed E-state index contributed by atoms with van der Waals surface area (Å²) < 4.78 is 27.3. The Morgan fingerprint density at radius 3 is 2.69 bits per heavy atom. The predicted molar refractivity (Wildman–Crippen MR) is 104 cm³/mol. The summed E-state index contributed by atoms with van der Waals surface area (Å²) in [6, 6.07) is 3.79. The fourth-order valence-corrected chi connectivity index (χ4v) is 5.04. The van der Waals surface area contributed by atoms with Crippen molar-refractivity contribution in [2.24, 2.45) is 0 Å². The molecule has 0 saturated heterocycles. The summed E-state index contributed by atoms with van der Waals surface area (Å²) in [6.07, 6.45) is 0.240. The molecule has 2 aliphatic heterocycles. The number of anilines is 1. The number of thiophene rings is 1. The standard InChI is InChI=1S/C20H19F2N3O3S/c1-23-10-16(27)24(2)20-17(19(23)28)12-6-7-25(9-14(12)29-20)15(26)8-11-4-3-5-13(21)18(11)22/h3-5H,6-10H2,1-2H3. The molecule has 0 radical (unpaired) electrons. The summed E-state index contributed by atoms with van der Waals surface area (Å²) in [5, 5.41) is 0.597. The molecule has 2 aromatic rings. The number of halogens is 2. The molecule has 152 valence electrons. The minimum atomic E-state index is -1.00. The van der Waals surface area contributed by atoms with Crippen molar-refractivity contribution in [1.82, 2.24) is 9.80 Å². The maximum absolute atomic E-state index is 13.9. The molecule has 0 fully saturated rings. The van der Waals surface area contributed by atoms with Crippen LogP contribution in [0.3, 0.4) is 0 Å². The van der Waals surface area contributed by atoms with Gasteiger partial charge in [-0.05, 0) is 18.1 Å². The van der Waals surface area contributed by atoms with Crippen LogP contribution in [0.2, 0.25) is 0 Å². The average molecular weight is 419 g/mol. The molecule has 0 bridgehead atoms. The lowest BCUT2D eigenvalue weighted by atomic mass is 10.0. The number of hydrogen-bond donors (Lipinski definition) is 0. The van der Waals surface area contributed by atoms with Crippen molar-refractivity contribution in [3.8, 4) is 0 Å². The molecule has 0 unspecified atom stereocenters. The number of carbonyl (C=O) groups is 3. The minimum Gasteiger partial charge on any atom is -0.337 e. The fourth-order valence-electron chi connectivity index (χ4n) is 3.70. The number of fused-ring (bicyclic) bond motifs is 3. The zero-order valence-electron chi connectivity index (χ0n) is 16.0. The second-order valence-corrected chi connectivity index (χ2v) is 8.34. The van der Waals surface area contributed by atoms with Crippen LogP contribution in [-0.4, -0.2) is 54.7 Å². The van der Waals surface area contributed by atoms with Gasteiger partial charge in [0.05, 0.1) is 18.5 Å². The van der Waals surface area contributed by atoms with Gasteiger partial charge in [-0.2, -0.15) is 0 Å². The van der Waals surface area contributed by atoms with Crippen LogP contribution in [0.5, 0.6) is 0 Å². The number of hydrogen-bond acceptors (Lipinski definition) is 4. The number of carbonyl (C=O) groups excluding carboxylic acids is 3. The molecule has 29 heavy (non-hydrogen) atoms. The summed E-state index contributed by atoms with van der Waals surface area (Å²) in [7, 11) is 3.24. The average Bonchev–Trinajstić information content (AvgIpc) is 3.05. The van der Waals surface area contributed by atoms with Gasteiger partial charge in [-0.25, -0.2) is 8.78 Å². The molecule has 0 spiro atoms. The third kappa shape index (κ3) is 3.29. The first kappa shape index (κ1) is 19.5. The SMILES string of the molecule is CN1CC(=O)N(C)c2sc3c(c2C1=O)CCN(C(=O)Cc1cccc(F)c1F)C3. The largest absolute Gasteiger partial charge is 0.337 e. The van der Waals surface area contributed by atoms with Crippen LogP contribution in [0.4, 0.5) is 13.8 Å². The van der Waals surface area contributed by atoms with E-state index in [0.717, 1.165) is 16.5 Å². The van der Waals surface area contributed by atoms with Crippen LogP contribution in [-0.2, 0) is 29.0 Å². The van der Waals surface area contributed by atoms with Gasteiger partial charge in [0.1, 0.15) is 11.5 Å². The molecule has 0 atom stereocenters. The first-order valence-corrected chi connectivity index (χ1v) is 9.96. The molecule has 1 aromatic heterocycles. The van der Waals surface area contributed by atoms with E-state index in [2.05, 4.69) is 0 Å². The quantitative estimate of drug-likeness (QED) is 0.750. The van der Waals surface area contributed by atoms with Crippen LogP contribution in [0.1, 0.15) is 26.4 Å². The molecule has 6 nitrogen and oxygen atoms in total. The zero-order valence-corrected chi connectivity index (χ0v) is 16.8. The Morgan fingerprint density at radius 1 is 1.17 bits per heavy atom. The van der Waals surface area contributed by atoms with E-state index in [1.165, 1.54) is 33.3 Å². The molecular weight excluding hydrogens is 400 g/mol. The Bertz CT molecular complexity index is 1040. The Kier molecular flexibility index (Phi) is 4.85. The van der Waals surface area contributed by atoms with Crippen molar-refractivity contribution in [3.63, 3.8) is 0 Å². The van der Waals surface area contributed by atoms with Crippen molar-refractivity contribution in [1.29, 1.82) is 0 Å². The minimum absolute atomic E-state index is 0.0184. The maximum atomic E-state index is 13.9. The normalized spacial score (nSPS) is 16.6. The Morgan fingerprint density at radius 2 is 1.93 bits per heavy atom. The van der Waals surface area contributed by atoms with Gasteiger partial charge in [-0.1, -0.05) is 12.1 Å². The highest BCUT2D eigenvalue weighted by Gasteiger charge is 2.36. The zero-order chi connectivity index (χ0) is 20.9. The Balaban J connectivity index is 1.60. The smallest absolute Gasteiger partial charge is 0.257 e. The molecule has 0 N–H and O–H groups in total. The highest BCUT2D eigenvalue weighted by molar-refractivity contribution is 7.17. The Labute approximate surface area is 170 Å². The van der Waals surface area contributed by atoms with Gasteiger partial charge >= 0.3 is 0 Å². The molecule has 0 saturated carbocycles. The molecule has 1 aromatic carbocycles. The van der Waals surface area contributed by atoms with Gasteiger partial charge < -0.3 is 14.7 Å². The van der Waals surface area contributed by atoms with Gasteiger partial charge in [0.2, 0.25) is 11.8 Å². The van der Waals surface area contributed by atoms with E-state index in [1.54, 1.807) is 19.0 Å². The number of benzene rings is 1. The van der Waals surface area contributed by atoms with Gasteiger partial charge in [0, 0.05) is 31.1 Å². The van der Waals surface area contributed by atoms with Gasteiger partial charge in [-0.15, -0.1) is 11.3 Å². The number of likely N-dealkylation sites (N-methyl/N-ethyl adjacent to an activating group) is 2. The molecule has 0 aliphatic carbocycles. The lowest BCUT2D eigenvalue weighted by Crippen LogP contribution is -2.38. The first-order valence-electron chi connectivity index (χ1n) is 9.15. The number of nitrogens with zero attached hydrogens (tertiary/aromatic N) is 3. The van der Waals surface area contributed by atoms with E-state index < -0.39 is 11.6 Å². The highest BCUT2D eigenvalue weighted by Crippen LogP contribution is 2.40. The van der Waals surface area contributed by atoms with E-state index in [9.17, 15) is 23.2 Å². The molecular formula is C20H19F2N3O3S. The topological polar surface area (TPSA) is 60.9 Å².